The van der Waals surface area contributed by atoms with E-state index in [0.29, 0.717) is 0 Å². The average Bonchev–Trinajstić information content (AvgIpc) is 2.33. The van der Waals surface area contributed by atoms with Crippen molar-refractivity contribution < 1.29 is 59.1 Å². The molecular weight excluding hydrogens is 375 g/mol. The third-order valence-electron chi connectivity index (χ3n) is 2.30. The molecule has 0 bridgehead atoms. The summed E-state index contributed by atoms with van der Waals surface area (Å²) in [6.45, 7) is 1.88. The molecule has 1 N–H and O–H groups in total. The minimum absolute atomic E-state index is 0.666. The van der Waals surface area contributed by atoms with E-state index in [0.717, 1.165) is 6.92 Å². The largest absolute Gasteiger partial charge is 0.743 e. The second-order valence-corrected chi connectivity index (χ2v) is 5.78. The third kappa shape index (κ3) is 4.85. The maximum Gasteiger partial charge on any atom is 0.468 e. The number of esters is 1. The molecule has 1 unspecified atom stereocenters. The molecule has 14 heteroatoms. The Bertz CT molecular complexity index is 626. The van der Waals surface area contributed by atoms with E-state index in [4.69, 9.17) is 5.11 Å². The van der Waals surface area contributed by atoms with Crippen LogP contribution in [0, 0.1) is 0 Å². The summed E-state index contributed by atoms with van der Waals surface area (Å²) in [5.74, 6) is -9.47. The second-order valence-electron chi connectivity index (χ2n) is 4.28. The van der Waals surface area contributed by atoms with Gasteiger partial charge < -0.3 is 19.1 Å². The summed E-state index contributed by atoms with van der Waals surface area (Å²) in [5.41, 5.74) is -0.666. The number of ether oxygens (including phenoxy) is 2. The summed E-state index contributed by atoms with van der Waals surface area (Å²) in [6.07, 6.45) is -8.02. The molecule has 24 heavy (non-hydrogen) atoms. The maximum absolute atomic E-state index is 12.9. The van der Waals surface area contributed by atoms with Crippen molar-refractivity contribution in [3.05, 3.63) is 12.2 Å². The molecule has 0 saturated heterocycles. The van der Waals surface area contributed by atoms with Gasteiger partial charge in [-0.2, -0.15) is 22.0 Å². The Labute approximate surface area is 131 Å². The number of halogens is 5. The number of carbonyl (C=O) groups excluding carboxylic acids is 1. The number of hydrogen-bond donors (Lipinski definition) is 1. The van der Waals surface area contributed by atoms with Crippen molar-refractivity contribution in [3.8, 4) is 0 Å². The van der Waals surface area contributed by atoms with Crippen LogP contribution in [0.5, 0.6) is 0 Å². The van der Waals surface area contributed by atoms with Crippen molar-refractivity contribution in [1.82, 2.24) is 0 Å². The first kappa shape index (κ1) is 22.2. The predicted molar refractivity (Wildman–Crippen MR) is 62.5 cm³/mol. The lowest BCUT2D eigenvalue weighted by Gasteiger charge is -2.31. The molecule has 0 aromatic carbocycles. The number of carbonyl (C=O) groups is 2. The number of hydrogen-bond acceptors (Lipinski definition) is 7. The van der Waals surface area contributed by atoms with E-state index in [1.165, 1.54) is 0 Å². The fourth-order valence-electron chi connectivity index (χ4n) is 1.05. The Morgan fingerprint density at radius 1 is 1.21 bits per heavy atom. The van der Waals surface area contributed by atoms with Gasteiger partial charge in [0, 0.05) is 12.0 Å². The highest BCUT2D eigenvalue weighted by molar-refractivity contribution is 7.86. The van der Waals surface area contributed by atoms with Gasteiger partial charge in [-0.05, 0) is 6.92 Å². The van der Waals surface area contributed by atoms with Crippen LogP contribution in [-0.4, -0.2) is 53.8 Å². The molecule has 1 atom stereocenters. The molecule has 0 radical (unpaired) electrons. The van der Waals surface area contributed by atoms with Gasteiger partial charge in [0.2, 0.25) is 0 Å². The summed E-state index contributed by atoms with van der Waals surface area (Å²) in [7, 11) is -6.23. The SMILES string of the molecule is C=C(C)C(=O)OC(OCCC(F)(F)S(=O)(=O)[O-])(C(=O)O)C(F)(F)F. The Kier molecular flexibility index (Phi) is 6.46. The van der Waals surface area contributed by atoms with Crippen LogP contribution in [0.25, 0.3) is 0 Å². The number of aliphatic carboxylic acids is 1. The van der Waals surface area contributed by atoms with Gasteiger partial charge in [-0.3, -0.25) is 0 Å². The second kappa shape index (κ2) is 6.98. The Balaban J connectivity index is 5.55. The molecule has 0 aromatic rings. The average molecular weight is 385 g/mol. The van der Waals surface area contributed by atoms with Gasteiger partial charge in [-0.15, -0.1) is 0 Å². The molecule has 0 spiro atoms. The van der Waals surface area contributed by atoms with E-state index in [-0.39, 0.29) is 0 Å². The van der Waals surface area contributed by atoms with E-state index < -0.39 is 57.9 Å². The molecule has 0 aliphatic heterocycles. The van der Waals surface area contributed by atoms with Gasteiger partial charge in [0.15, 0.2) is 10.1 Å². The van der Waals surface area contributed by atoms with E-state index in [1.54, 1.807) is 0 Å². The van der Waals surface area contributed by atoms with Gasteiger partial charge >= 0.3 is 29.2 Å². The Hall–Kier alpha value is -1.80. The molecule has 0 amide bonds. The number of carboxylic acid groups (broad SMARTS) is 1. The zero-order valence-electron chi connectivity index (χ0n) is 11.7. The van der Waals surface area contributed by atoms with Crippen molar-refractivity contribution in [3.63, 3.8) is 0 Å². The summed E-state index contributed by atoms with van der Waals surface area (Å²) in [4.78, 5) is 22.0. The molecule has 0 rings (SSSR count). The standard InChI is InChI=1S/C10H11F5O8S/c1-5(2)6(16)23-9(7(17)18,10(13,14)15)22-4-3-8(11,12)24(19,20)21/h1,3-4H2,2H3,(H,17,18)(H,19,20,21)/p-1. The summed E-state index contributed by atoms with van der Waals surface area (Å²) in [5, 5.41) is 3.63. The quantitative estimate of drug-likeness (QED) is 0.215. The molecule has 0 heterocycles. The van der Waals surface area contributed by atoms with Gasteiger partial charge in [0.1, 0.15) is 0 Å². The molecule has 0 fully saturated rings. The first-order valence-corrected chi connectivity index (χ1v) is 7.05. The van der Waals surface area contributed by atoms with E-state index in [2.05, 4.69) is 16.1 Å². The van der Waals surface area contributed by atoms with E-state index in [1.807, 2.05) is 0 Å². The van der Waals surface area contributed by atoms with Crippen LogP contribution in [0.3, 0.4) is 0 Å². The molecule has 140 valence electrons. The summed E-state index contributed by atoms with van der Waals surface area (Å²) < 4.78 is 103. The predicted octanol–water partition coefficient (Wildman–Crippen LogP) is 0.994. The van der Waals surface area contributed by atoms with Crippen LogP contribution < -0.4 is 0 Å². The topological polar surface area (TPSA) is 130 Å². The highest BCUT2D eigenvalue weighted by Crippen LogP contribution is 2.37. The zero-order chi connectivity index (χ0) is 19.6. The van der Waals surface area contributed by atoms with Crippen molar-refractivity contribution in [2.45, 2.75) is 30.6 Å². The van der Waals surface area contributed by atoms with Crippen molar-refractivity contribution in [2.75, 3.05) is 6.61 Å². The highest BCUT2D eigenvalue weighted by Gasteiger charge is 2.67. The van der Waals surface area contributed by atoms with Crippen molar-refractivity contribution in [2.24, 2.45) is 0 Å². The van der Waals surface area contributed by atoms with Crippen molar-refractivity contribution >= 4 is 22.1 Å². The lowest BCUT2D eigenvalue weighted by Crippen LogP contribution is -2.58. The molecule has 0 aliphatic carbocycles. The summed E-state index contributed by atoms with van der Waals surface area (Å²) >= 11 is 0. The molecule has 0 aliphatic rings. The van der Waals surface area contributed by atoms with Gasteiger partial charge in [0.05, 0.1) is 6.61 Å². The minimum atomic E-state index is -6.23. The Morgan fingerprint density at radius 2 is 1.67 bits per heavy atom. The van der Waals surface area contributed by atoms with Crippen LogP contribution >= 0.6 is 0 Å². The minimum Gasteiger partial charge on any atom is -0.743 e. The van der Waals surface area contributed by atoms with Crippen LogP contribution in [-0.2, 0) is 29.2 Å². The number of rotatable bonds is 8. The molecule has 0 saturated carbocycles. The zero-order valence-corrected chi connectivity index (χ0v) is 12.5. The number of alkyl halides is 5. The van der Waals surface area contributed by atoms with Gasteiger partial charge in [-0.25, -0.2) is 18.0 Å². The van der Waals surface area contributed by atoms with E-state index >= 15 is 0 Å². The fraction of sp³-hybridized carbons (Fsp3) is 0.600. The lowest BCUT2D eigenvalue weighted by molar-refractivity contribution is -0.354. The first-order valence-electron chi connectivity index (χ1n) is 5.64. The Morgan fingerprint density at radius 3 is 1.96 bits per heavy atom. The molecule has 8 nitrogen and oxygen atoms in total. The van der Waals surface area contributed by atoms with Crippen LogP contribution in [0.4, 0.5) is 22.0 Å². The van der Waals surface area contributed by atoms with Gasteiger partial charge in [-0.1, -0.05) is 6.58 Å². The fourth-order valence-corrected chi connectivity index (χ4v) is 1.39. The number of carboxylic acids is 1. The molecule has 0 aromatic heterocycles. The van der Waals surface area contributed by atoms with Crippen molar-refractivity contribution in [1.29, 1.82) is 0 Å². The van der Waals surface area contributed by atoms with Crippen LogP contribution in [0.2, 0.25) is 0 Å². The maximum atomic E-state index is 12.9. The lowest BCUT2D eigenvalue weighted by atomic mass is 10.2. The monoisotopic (exact) mass is 385 g/mol. The summed E-state index contributed by atoms with van der Waals surface area (Å²) in [6, 6.07) is 0. The normalized spacial score (nSPS) is 15.5. The van der Waals surface area contributed by atoms with Crippen LogP contribution in [0.1, 0.15) is 13.3 Å². The smallest absolute Gasteiger partial charge is 0.468 e. The highest BCUT2D eigenvalue weighted by atomic mass is 32.2. The first-order chi connectivity index (χ1) is 10.5. The third-order valence-corrected chi connectivity index (χ3v) is 3.24. The van der Waals surface area contributed by atoms with E-state index in [9.17, 15) is 44.5 Å². The molecular formula is C10H10F5O8S-. The van der Waals surface area contributed by atoms with Gasteiger partial charge in [0.25, 0.3) is 0 Å². The van der Waals surface area contributed by atoms with Crippen LogP contribution in [0.15, 0.2) is 12.2 Å².